The van der Waals surface area contributed by atoms with Crippen molar-refractivity contribution in [2.45, 2.75) is 0 Å². The van der Waals surface area contributed by atoms with E-state index < -0.39 is 0 Å². The Morgan fingerprint density at radius 3 is 2.70 bits per heavy atom. The van der Waals surface area contributed by atoms with Crippen LogP contribution in [0, 0.1) is 4.64 Å². The molecule has 104 valence electrons. The fourth-order valence-corrected chi connectivity index (χ4v) is 2.07. The number of carbonyl (C=O) groups excluding carboxylic acids is 1. The maximum absolute atomic E-state index is 12.0. The van der Waals surface area contributed by atoms with Crippen LogP contribution in [0.15, 0.2) is 48.7 Å². The SMILES string of the molecule is CN(CCNC(=O)c1ccc[nH]c1=S)c1ccccc1. The molecule has 1 amide bonds. The van der Waals surface area contributed by atoms with E-state index >= 15 is 0 Å². The van der Waals surface area contributed by atoms with Crippen LogP contribution in [-0.4, -0.2) is 31.0 Å². The number of nitrogens with one attached hydrogen (secondary N) is 2. The van der Waals surface area contributed by atoms with Crippen LogP contribution in [0.2, 0.25) is 0 Å². The van der Waals surface area contributed by atoms with E-state index in [0.717, 1.165) is 12.2 Å². The average molecular weight is 287 g/mol. The number of hydrogen-bond acceptors (Lipinski definition) is 3. The first-order valence-corrected chi connectivity index (χ1v) is 6.81. The molecule has 0 unspecified atom stereocenters. The number of aromatic amines is 1. The van der Waals surface area contributed by atoms with Crippen LogP contribution in [0.1, 0.15) is 10.4 Å². The highest BCUT2D eigenvalue weighted by molar-refractivity contribution is 7.71. The molecular formula is C15H17N3OS. The summed E-state index contributed by atoms with van der Waals surface area (Å²) in [7, 11) is 2.00. The number of rotatable bonds is 5. The van der Waals surface area contributed by atoms with Gasteiger partial charge in [-0.25, -0.2) is 0 Å². The van der Waals surface area contributed by atoms with Gasteiger partial charge in [-0.1, -0.05) is 30.4 Å². The zero-order valence-corrected chi connectivity index (χ0v) is 12.1. The van der Waals surface area contributed by atoms with Crippen molar-refractivity contribution < 1.29 is 4.79 Å². The minimum Gasteiger partial charge on any atom is -0.373 e. The average Bonchev–Trinajstić information content (AvgIpc) is 2.48. The highest BCUT2D eigenvalue weighted by Gasteiger charge is 2.07. The highest BCUT2D eigenvalue weighted by atomic mass is 32.1. The Morgan fingerprint density at radius 1 is 1.25 bits per heavy atom. The molecule has 0 spiro atoms. The molecule has 1 aromatic carbocycles. The molecule has 0 aliphatic rings. The third kappa shape index (κ3) is 3.68. The predicted molar refractivity (Wildman–Crippen MR) is 83.7 cm³/mol. The van der Waals surface area contributed by atoms with Gasteiger partial charge in [0.2, 0.25) is 0 Å². The van der Waals surface area contributed by atoms with E-state index in [-0.39, 0.29) is 5.91 Å². The molecule has 0 atom stereocenters. The number of anilines is 1. The molecule has 0 aliphatic heterocycles. The zero-order chi connectivity index (χ0) is 14.4. The van der Waals surface area contributed by atoms with Crippen LogP contribution in [0.5, 0.6) is 0 Å². The number of H-pyrrole nitrogens is 1. The lowest BCUT2D eigenvalue weighted by molar-refractivity contribution is 0.0954. The van der Waals surface area contributed by atoms with E-state index in [4.69, 9.17) is 12.2 Å². The number of carbonyl (C=O) groups is 1. The van der Waals surface area contributed by atoms with Gasteiger partial charge in [-0.3, -0.25) is 4.79 Å². The topological polar surface area (TPSA) is 48.1 Å². The van der Waals surface area contributed by atoms with Crippen molar-refractivity contribution in [3.8, 4) is 0 Å². The smallest absolute Gasteiger partial charge is 0.254 e. The number of aromatic nitrogens is 1. The van der Waals surface area contributed by atoms with Gasteiger partial charge >= 0.3 is 0 Å². The minimum atomic E-state index is -0.145. The summed E-state index contributed by atoms with van der Waals surface area (Å²) < 4.78 is 0.460. The van der Waals surface area contributed by atoms with Crippen LogP contribution in [-0.2, 0) is 0 Å². The van der Waals surface area contributed by atoms with Crippen molar-refractivity contribution in [1.29, 1.82) is 0 Å². The summed E-state index contributed by atoms with van der Waals surface area (Å²) in [5.41, 5.74) is 1.63. The summed E-state index contributed by atoms with van der Waals surface area (Å²) in [5.74, 6) is -0.145. The van der Waals surface area contributed by atoms with Gasteiger partial charge in [0, 0.05) is 32.0 Å². The van der Waals surface area contributed by atoms with Crippen molar-refractivity contribution in [1.82, 2.24) is 10.3 Å². The van der Waals surface area contributed by atoms with Gasteiger partial charge in [0.15, 0.2) is 0 Å². The molecule has 4 nitrogen and oxygen atoms in total. The van der Waals surface area contributed by atoms with Crippen LogP contribution in [0.3, 0.4) is 0 Å². The molecule has 0 fully saturated rings. The lowest BCUT2D eigenvalue weighted by atomic mass is 10.2. The summed E-state index contributed by atoms with van der Waals surface area (Å²) in [6.45, 7) is 1.30. The first-order valence-electron chi connectivity index (χ1n) is 6.40. The maximum atomic E-state index is 12.0. The van der Waals surface area contributed by atoms with E-state index in [9.17, 15) is 4.79 Å². The number of hydrogen-bond donors (Lipinski definition) is 2. The van der Waals surface area contributed by atoms with Gasteiger partial charge < -0.3 is 15.2 Å². The van der Waals surface area contributed by atoms with Gasteiger partial charge in [0.1, 0.15) is 4.64 Å². The molecule has 5 heteroatoms. The van der Waals surface area contributed by atoms with Gasteiger partial charge in [-0.05, 0) is 24.3 Å². The van der Waals surface area contributed by atoms with Crippen molar-refractivity contribution in [3.05, 3.63) is 58.9 Å². The molecule has 2 rings (SSSR count). The summed E-state index contributed by atoms with van der Waals surface area (Å²) in [6.07, 6.45) is 1.71. The fourth-order valence-electron chi connectivity index (χ4n) is 1.84. The molecule has 2 N–H and O–H groups in total. The molecule has 2 aromatic rings. The molecule has 0 radical (unpaired) electrons. The van der Waals surface area contributed by atoms with Crippen LogP contribution in [0.25, 0.3) is 0 Å². The third-order valence-corrected chi connectivity index (χ3v) is 3.33. The van der Waals surface area contributed by atoms with Crippen LogP contribution < -0.4 is 10.2 Å². The summed E-state index contributed by atoms with van der Waals surface area (Å²) in [4.78, 5) is 16.9. The van der Waals surface area contributed by atoms with E-state index in [1.54, 1.807) is 18.3 Å². The Labute approximate surface area is 123 Å². The van der Waals surface area contributed by atoms with Crippen molar-refractivity contribution in [3.63, 3.8) is 0 Å². The largest absolute Gasteiger partial charge is 0.373 e. The number of para-hydroxylation sites is 1. The lowest BCUT2D eigenvalue weighted by Gasteiger charge is -2.19. The Hall–Kier alpha value is -2.14. The number of pyridine rings is 1. The van der Waals surface area contributed by atoms with Crippen LogP contribution >= 0.6 is 12.2 Å². The Balaban J connectivity index is 1.86. The Bertz CT molecular complexity index is 624. The number of likely N-dealkylation sites (N-methyl/N-ethyl adjacent to an activating group) is 1. The van der Waals surface area contributed by atoms with Gasteiger partial charge in [0.25, 0.3) is 5.91 Å². The summed E-state index contributed by atoms with van der Waals surface area (Å²) in [5, 5.41) is 2.87. The minimum absolute atomic E-state index is 0.145. The second-order valence-corrected chi connectivity index (χ2v) is 4.83. The third-order valence-electron chi connectivity index (χ3n) is 2.99. The molecule has 0 saturated carbocycles. The van der Waals surface area contributed by atoms with Crippen molar-refractivity contribution >= 4 is 23.8 Å². The standard InChI is InChI=1S/C15H17N3OS/c1-18(12-6-3-2-4-7-12)11-10-16-14(19)13-8-5-9-17-15(13)20/h2-9H,10-11H2,1H3,(H,16,19)(H,17,20). The van der Waals surface area contributed by atoms with E-state index in [1.807, 2.05) is 37.4 Å². The second-order valence-electron chi connectivity index (χ2n) is 4.43. The zero-order valence-electron chi connectivity index (χ0n) is 11.3. The molecule has 1 heterocycles. The number of benzene rings is 1. The first-order chi connectivity index (χ1) is 9.68. The van der Waals surface area contributed by atoms with E-state index in [2.05, 4.69) is 15.2 Å². The fraction of sp³-hybridized carbons (Fsp3) is 0.200. The van der Waals surface area contributed by atoms with Gasteiger partial charge in [-0.2, -0.15) is 0 Å². The normalized spacial score (nSPS) is 10.1. The molecule has 20 heavy (non-hydrogen) atoms. The molecule has 0 aliphatic carbocycles. The Morgan fingerprint density at radius 2 is 2.00 bits per heavy atom. The predicted octanol–water partition coefficient (Wildman–Crippen LogP) is 2.61. The lowest BCUT2D eigenvalue weighted by Crippen LogP contribution is -2.33. The first kappa shape index (κ1) is 14.3. The monoisotopic (exact) mass is 287 g/mol. The van der Waals surface area contributed by atoms with Crippen LogP contribution in [0.4, 0.5) is 5.69 Å². The number of nitrogens with zero attached hydrogens (tertiary/aromatic N) is 1. The number of amides is 1. The molecule has 0 saturated heterocycles. The van der Waals surface area contributed by atoms with Gasteiger partial charge in [-0.15, -0.1) is 0 Å². The van der Waals surface area contributed by atoms with E-state index in [0.29, 0.717) is 16.7 Å². The summed E-state index contributed by atoms with van der Waals surface area (Å²) >= 11 is 5.08. The molecule has 1 aromatic heterocycles. The molecule has 0 bridgehead atoms. The maximum Gasteiger partial charge on any atom is 0.254 e. The quantitative estimate of drug-likeness (QED) is 0.831. The van der Waals surface area contributed by atoms with E-state index in [1.165, 1.54) is 0 Å². The summed E-state index contributed by atoms with van der Waals surface area (Å²) in [6, 6.07) is 13.5. The van der Waals surface area contributed by atoms with Gasteiger partial charge in [0.05, 0.1) is 5.56 Å². The second kappa shape index (κ2) is 6.86. The molecular weight excluding hydrogens is 270 g/mol. The van der Waals surface area contributed by atoms with Crippen molar-refractivity contribution in [2.75, 3.05) is 25.0 Å². The highest BCUT2D eigenvalue weighted by Crippen LogP contribution is 2.09. The van der Waals surface area contributed by atoms with Crippen molar-refractivity contribution in [2.24, 2.45) is 0 Å². The Kier molecular flexibility index (Phi) is 4.90.